The molecule has 0 aromatic carbocycles. The van der Waals surface area contributed by atoms with Crippen molar-refractivity contribution in [2.45, 2.75) is 199 Å². The number of carbonyl (C=O) groups excluding carboxylic acids is 1. The first kappa shape index (κ1) is 46.3. The van der Waals surface area contributed by atoms with Gasteiger partial charge in [0.15, 0.2) is 0 Å². The fourth-order valence-electron chi connectivity index (χ4n) is 5.71. The lowest BCUT2D eigenvalue weighted by atomic mass is 10.1. The molecule has 48 heavy (non-hydrogen) atoms. The summed E-state index contributed by atoms with van der Waals surface area (Å²) in [5.41, 5.74) is 0. The summed E-state index contributed by atoms with van der Waals surface area (Å²) in [4.78, 5) is 12.4. The number of hydrogen-bond acceptors (Lipinski definition) is 4. The number of aliphatic hydroxyl groups excluding tert-OH is 1. The van der Waals surface area contributed by atoms with Gasteiger partial charge in [0.25, 0.3) is 10.1 Å². The van der Waals surface area contributed by atoms with Crippen LogP contribution in [0, 0.1) is 0 Å². The first-order valence-electron chi connectivity index (χ1n) is 19.8. The molecule has 2 atom stereocenters. The van der Waals surface area contributed by atoms with Gasteiger partial charge in [-0.2, -0.15) is 8.42 Å². The Balaban J connectivity index is 4.02. The number of nitrogens with one attached hydrogen (secondary N) is 1. The molecule has 0 aliphatic rings. The number of hydrogen-bond donors (Lipinski definition) is 3. The van der Waals surface area contributed by atoms with Gasteiger partial charge in [-0.05, 0) is 70.6 Å². The average molecular weight is 694 g/mol. The van der Waals surface area contributed by atoms with Crippen LogP contribution in [-0.2, 0) is 14.9 Å². The molecule has 0 radical (unpaired) electrons. The molecule has 0 heterocycles. The lowest BCUT2D eigenvalue weighted by molar-refractivity contribution is -0.122. The molecule has 7 heteroatoms. The zero-order chi connectivity index (χ0) is 35.4. The molecule has 0 rings (SSSR count). The van der Waals surface area contributed by atoms with Gasteiger partial charge in [-0.15, -0.1) is 0 Å². The second-order valence-electron chi connectivity index (χ2n) is 13.5. The van der Waals surface area contributed by atoms with Gasteiger partial charge in [0, 0.05) is 6.42 Å². The lowest BCUT2D eigenvalue weighted by Gasteiger charge is -2.21. The van der Waals surface area contributed by atoms with Crippen molar-refractivity contribution in [2.24, 2.45) is 0 Å². The van der Waals surface area contributed by atoms with E-state index < -0.39 is 28.0 Å². The monoisotopic (exact) mass is 694 g/mol. The van der Waals surface area contributed by atoms with Crippen molar-refractivity contribution in [1.29, 1.82) is 0 Å². The fourth-order valence-corrected chi connectivity index (χ4v) is 6.44. The van der Waals surface area contributed by atoms with E-state index in [4.69, 9.17) is 0 Å². The highest BCUT2D eigenvalue weighted by Gasteiger charge is 2.24. The molecule has 1 amide bonds. The molecular formula is C41H75NO5S. The summed E-state index contributed by atoms with van der Waals surface area (Å²) in [6, 6.07) is -1.08. The Morgan fingerprint density at radius 1 is 0.542 bits per heavy atom. The van der Waals surface area contributed by atoms with Crippen molar-refractivity contribution >= 4 is 16.0 Å². The van der Waals surface area contributed by atoms with Crippen LogP contribution in [0.15, 0.2) is 48.6 Å². The Bertz CT molecular complexity index is 940. The van der Waals surface area contributed by atoms with Crippen LogP contribution in [0.25, 0.3) is 0 Å². The highest BCUT2D eigenvalue weighted by Crippen LogP contribution is 2.13. The highest BCUT2D eigenvalue weighted by molar-refractivity contribution is 7.85. The van der Waals surface area contributed by atoms with Gasteiger partial charge in [0.05, 0.1) is 17.9 Å². The SMILES string of the molecule is CCCCC/C=C\CCCCCCCC(=O)NC(CS(=O)(=O)O)C(O)/C=C/CC/C=C/CC/C=C/CCCCCCCCCCCCC. The number of allylic oxidation sites excluding steroid dienone is 7. The van der Waals surface area contributed by atoms with E-state index in [1.807, 2.05) is 0 Å². The van der Waals surface area contributed by atoms with Gasteiger partial charge in [0.1, 0.15) is 0 Å². The fraction of sp³-hybridized carbons (Fsp3) is 0.780. The summed E-state index contributed by atoms with van der Waals surface area (Å²) in [6.07, 6.45) is 46.7. The van der Waals surface area contributed by atoms with Crippen molar-refractivity contribution in [3.05, 3.63) is 48.6 Å². The van der Waals surface area contributed by atoms with Gasteiger partial charge >= 0.3 is 0 Å². The molecule has 0 saturated carbocycles. The lowest BCUT2D eigenvalue weighted by Crippen LogP contribution is -2.46. The van der Waals surface area contributed by atoms with Crippen LogP contribution < -0.4 is 5.32 Å². The Hall–Kier alpha value is -1.70. The quantitative estimate of drug-likeness (QED) is 0.0348. The molecule has 0 aliphatic carbocycles. The molecule has 0 saturated heterocycles. The first-order valence-corrected chi connectivity index (χ1v) is 21.4. The molecule has 0 fully saturated rings. The number of rotatable bonds is 35. The molecule has 0 spiro atoms. The second kappa shape index (κ2) is 35.1. The van der Waals surface area contributed by atoms with Crippen molar-refractivity contribution in [2.75, 3.05) is 5.75 Å². The van der Waals surface area contributed by atoms with E-state index in [0.29, 0.717) is 12.8 Å². The maximum absolute atomic E-state index is 12.4. The summed E-state index contributed by atoms with van der Waals surface area (Å²) in [6.45, 7) is 4.49. The van der Waals surface area contributed by atoms with E-state index in [0.717, 1.165) is 51.4 Å². The summed E-state index contributed by atoms with van der Waals surface area (Å²) < 4.78 is 32.4. The van der Waals surface area contributed by atoms with E-state index in [-0.39, 0.29) is 12.3 Å². The topological polar surface area (TPSA) is 104 Å². The van der Waals surface area contributed by atoms with Gasteiger partial charge in [-0.1, -0.05) is 159 Å². The summed E-state index contributed by atoms with van der Waals surface area (Å²) >= 11 is 0. The standard InChI is InChI=1S/C41H75NO5S/c1-3-5-7-9-11-13-15-17-18-19-20-21-22-23-24-25-26-28-30-32-34-36-40(43)39(38-48(45,46)47)42-41(44)37-35-33-31-29-27-16-14-12-10-8-6-4-2/h12,14,22-23,26,28,34,36,39-40,43H,3-11,13,15-21,24-25,27,29-33,35,37-38H2,1-2H3,(H,42,44)(H,45,46,47)/b14-12-,23-22+,28-26+,36-34+. The summed E-state index contributed by atoms with van der Waals surface area (Å²) in [7, 11) is -4.36. The second-order valence-corrected chi connectivity index (χ2v) is 15.0. The highest BCUT2D eigenvalue weighted by atomic mass is 32.2. The molecule has 280 valence electrons. The van der Waals surface area contributed by atoms with Crippen LogP contribution in [0.1, 0.15) is 187 Å². The molecule has 0 aromatic heterocycles. The largest absolute Gasteiger partial charge is 0.387 e. The predicted molar refractivity (Wildman–Crippen MR) is 207 cm³/mol. The van der Waals surface area contributed by atoms with Crippen molar-refractivity contribution in [3.8, 4) is 0 Å². The smallest absolute Gasteiger partial charge is 0.267 e. The minimum Gasteiger partial charge on any atom is -0.387 e. The van der Waals surface area contributed by atoms with E-state index in [9.17, 15) is 22.9 Å². The molecule has 2 unspecified atom stereocenters. The zero-order valence-corrected chi connectivity index (χ0v) is 31.9. The molecule has 0 aliphatic heterocycles. The minimum atomic E-state index is -4.36. The summed E-state index contributed by atoms with van der Waals surface area (Å²) in [5.74, 6) is -1.02. The molecule has 0 aromatic rings. The van der Waals surface area contributed by atoms with Crippen molar-refractivity contribution < 1.29 is 22.9 Å². The number of amides is 1. The number of unbranched alkanes of at least 4 members (excludes halogenated alkanes) is 21. The molecular weight excluding hydrogens is 619 g/mol. The van der Waals surface area contributed by atoms with Crippen molar-refractivity contribution in [3.63, 3.8) is 0 Å². The number of aliphatic hydroxyl groups is 1. The van der Waals surface area contributed by atoms with Gasteiger partial charge in [-0.25, -0.2) is 0 Å². The maximum Gasteiger partial charge on any atom is 0.267 e. The average Bonchev–Trinajstić information content (AvgIpc) is 3.05. The number of carbonyl (C=O) groups is 1. The van der Waals surface area contributed by atoms with Crippen LogP contribution in [0.5, 0.6) is 0 Å². The van der Waals surface area contributed by atoms with E-state index in [1.54, 1.807) is 6.08 Å². The Kier molecular flexibility index (Phi) is 33.9. The van der Waals surface area contributed by atoms with E-state index in [2.05, 4.69) is 55.6 Å². The van der Waals surface area contributed by atoms with Crippen LogP contribution in [0.2, 0.25) is 0 Å². The summed E-state index contributed by atoms with van der Waals surface area (Å²) in [5, 5.41) is 13.2. The third kappa shape index (κ3) is 35.6. The molecule has 6 nitrogen and oxygen atoms in total. The normalized spacial score (nSPS) is 13.8. The van der Waals surface area contributed by atoms with Gasteiger partial charge in [0.2, 0.25) is 5.91 Å². The zero-order valence-electron chi connectivity index (χ0n) is 31.1. The maximum atomic E-state index is 12.4. The van der Waals surface area contributed by atoms with Gasteiger partial charge in [-0.3, -0.25) is 9.35 Å². The van der Waals surface area contributed by atoms with Crippen molar-refractivity contribution in [1.82, 2.24) is 5.32 Å². The van der Waals surface area contributed by atoms with Crippen LogP contribution in [0.4, 0.5) is 0 Å². The van der Waals surface area contributed by atoms with Gasteiger partial charge < -0.3 is 10.4 Å². The van der Waals surface area contributed by atoms with E-state index >= 15 is 0 Å². The third-order valence-corrected chi connectivity index (χ3v) is 9.49. The molecule has 3 N–H and O–H groups in total. The third-order valence-electron chi connectivity index (χ3n) is 8.71. The van der Waals surface area contributed by atoms with Crippen LogP contribution >= 0.6 is 0 Å². The minimum absolute atomic E-state index is 0.273. The molecule has 0 bridgehead atoms. The van der Waals surface area contributed by atoms with E-state index in [1.165, 1.54) is 109 Å². The predicted octanol–water partition coefficient (Wildman–Crippen LogP) is 11.5. The Morgan fingerprint density at radius 3 is 1.35 bits per heavy atom. The first-order chi connectivity index (χ1) is 23.3. The Labute approximate surface area is 297 Å². The Morgan fingerprint density at radius 2 is 0.896 bits per heavy atom. The van der Waals surface area contributed by atoms with Crippen LogP contribution in [-0.4, -0.2) is 41.9 Å². The van der Waals surface area contributed by atoms with Crippen LogP contribution in [0.3, 0.4) is 0 Å².